The Morgan fingerprint density at radius 2 is 2.50 bits per heavy atom. The molecule has 1 aromatic heterocycles. The van der Waals surface area contributed by atoms with Gasteiger partial charge in [-0.25, -0.2) is 4.98 Å². The van der Waals surface area contributed by atoms with Gasteiger partial charge in [0.15, 0.2) is 5.13 Å². The van der Waals surface area contributed by atoms with E-state index in [-0.39, 0.29) is 0 Å². The molecule has 1 N–H and O–H groups in total. The number of hydrogen-bond acceptors (Lipinski definition) is 4. The van der Waals surface area contributed by atoms with Crippen LogP contribution >= 0.6 is 11.3 Å². The third-order valence-electron chi connectivity index (χ3n) is 3.75. The maximum absolute atomic E-state index is 4.57. The second kappa shape index (κ2) is 4.34. The van der Waals surface area contributed by atoms with Gasteiger partial charge in [0.2, 0.25) is 0 Å². The molecule has 4 heteroatoms. The first kappa shape index (κ1) is 10.5. The zero-order valence-electron chi connectivity index (χ0n) is 9.78. The maximum atomic E-state index is 4.57. The van der Waals surface area contributed by atoms with Gasteiger partial charge in [0, 0.05) is 30.2 Å². The van der Waals surface area contributed by atoms with E-state index >= 15 is 0 Å². The van der Waals surface area contributed by atoms with Gasteiger partial charge >= 0.3 is 0 Å². The first-order chi connectivity index (χ1) is 7.86. The second-order valence-corrected chi connectivity index (χ2v) is 5.97. The summed E-state index contributed by atoms with van der Waals surface area (Å²) in [6.45, 7) is 5.39. The van der Waals surface area contributed by atoms with E-state index < -0.39 is 0 Å². The Hall–Kier alpha value is -0.610. The fraction of sp³-hybridized carbons (Fsp3) is 0.750. The lowest BCUT2D eigenvalue weighted by Crippen LogP contribution is -2.31. The zero-order chi connectivity index (χ0) is 11.0. The molecule has 0 amide bonds. The zero-order valence-corrected chi connectivity index (χ0v) is 10.6. The van der Waals surface area contributed by atoms with Gasteiger partial charge in [-0.3, -0.25) is 0 Å². The van der Waals surface area contributed by atoms with Crippen LogP contribution in [0.4, 0.5) is 5.13 Å². The molecule has 1 aliphatic heterocycles. The number of piperidine rings is 1. The molecule has 3 rings (SSSR count). The Labute approximate surface area is 101 Å². The molecular formula is C12H19N3S. The average Bonchev–Trinajstić information content (AvgIpc) is 3.01. The van der Waals surface area contributed by atoms with E-state index in [0.29, 0.717) is 0 Å². The van der Waals surface area contributed by atoms with Crippen LogP contribution in [0, 0.1) is 5.92 Å². The van der Waals surface area contributed by atoms with Crippen molar-refractivity contribution in [1.82, 2.24) is 10.3 Å². The molecule has 88 valence electrons. The van der Waals surface area contributed by atoms with Crippen LogP contribution in [0.5, 0.6) is 0 Å². The molecule has 3 nitrogen and oxygen atoms in total. The molecule has 1 aromatic rings. The lowest BCUT2D eigenvalue weighted by Gasteiger charge is -2.26. The number of aromatic nitrogens is 1. The van der Waals surface area contributed by atoms with Crippen LogP contribution in [0.15, 0.2) is 6.20 Å². The highest BCUT2D eigenvalue weighted by molar-refractivity contribution is 7.15. The number of fused-ring (bicyclic) bond motifs is 2. The van der Waals surface area contributed by atoms with Gasteiger partial charge in [-0.1, -0.05) is 6.92 Å². The summed E-state index contributed by atoms with van der Waals surface area (Å²) in [4.78, 5) is 8.47. The number of hydrogen-bond donors (Lipinski definition) is 1. The van der Waals surface area contributed by atoms with Crippen LogP contribution in [0.25, 0.3) is 0 Å². The number of nitrogens with one attached hydrogen (secondary N) is 1. The van der Waals surface area contributed by atoms with Crippen LogP contribution in [0.2, 0.25) is 0 Å². The number of anilines is 1. The first-order valence-electron chi connectivity index (χ1n) is 6.29. The number of nitrogens with zero attached hydrogens (tertiary/aromatic N) is 2. The number of thiazole rings is 1. The summed E-state index contributed by atoms with van der Waals surface area (Å²) in [5.41, 5.74) is 0. The van der Waals surface area contributed by atoms with Crippen molar-refractivity contribution in [3.8, 4) is 0 Å². The van der Waals surface area contributed by atoms with E-state index in [2.05, 4.69) is 22.1 Å². The fourth-order valence-corrected chi connectivity index (χ4v) is 3.88. The van der Waals surface area contributed by atoms with Crippen molar-refractivity contribution in [2.24, 2.45) is 5.92 Å². The predicted molar refractivity (Wildman–Crippen MR) is 68.0 cm³/mol. The van der Waals surface area contributed by atoms with Crippen LogP contribution in [-0.4, -0.2) is 24.1 Å². The van der Waals surface area contributed by atoms with E-state index in [4.69, 9.17) is 0 Å². The largest absolute Gasteiger partial charge is 0.345 e. The predicted octanol–water partition coefficient (Wildman–Crippen LogP) is 2.24. The van der Waals surface area contributed by atoms with Crippen molar-refractivity contribution in [1.29, 1.82) is 0 Å². The van der Waals surface area contributed by atoms with Gasteiger partial charge in [-0.05, 0) is 31.7 Å². The van der Waals surface area contributed by atoms with Gasteiger partial charge in [0.05, 0.1) is 0 Å². The molecule has 1 saturated carbocycles. The van der Waals surface area contributed by atoms with Crippen LogP contribution in [0.3, 0.4) is 0 Å². The Morgan fingerprint density at radius 3 is 3.19 bits per heavy atom. The third-order valence-corrected chi connectivity index (χ3v) is 4.78. The van der Waals surface area contributed by atoms with E-state index in [0.717, 1.165) is 25.0 Å². The lowest BCUT2D eigenvalue weighted by molar-refractivity contribution is 0.553. The molecule has 1 aliphatic carbocycles. The molecule has 1 saturated heterocycles. The molecule has 2 heterocycles. The summed E-state index contributed by atoms with van der Waals surface area (Å²) >= 11 is 1.86. The smallest absolute Gasteiger partial charge is 0.185 e. The maximum Gasteiger partial charge on any atom is 0.185 e. The highest BCUT2D eigenvalue weighted by Crippen LogP contribution is 2.41. The van der Waals surface area contributed by atoms with Crippen molar-refractivity contribution < 1.29 is 0 Å². The highest BCUT2D eigenvalue weighted by Gasteiger charge is 2.38. The van der Waals surface area contributed by atoms with Crippen LogP contribution < -0.4 is 10.2 Å². The van der Waals surface area contributed by atoms with Gasteiger partial charge in [0.25, 0.3) is 0 Å². The van der Waals surface area contributed by atoms with E-state index in [1.54, 1.807) is 0 Å². The highest BCUT2D eigenvalue weighted by atomic mass is 32.1. The first-order valence-corrected chi connectivity index (χ1v) is 7.10. The van der Waals surface area contributed by atoms with Crippen LogP contribution in [-0.2, 0) is 6.54 Å². The van der Waals surface area contributed by atoms with Gasteiger partial charge < -0.3 is 10.2 Å². The summed E-state index contributed by atoms with van der Waals surface area (Å²) in [5.74, 6) is 0.950. The quantitative estimate of drug-likeness (QED) is 0.870. The Morgan fingerprint density at radius 1 is 1.56 bits per heavy atom. The molecule has 0 radical (unpaired) electrons. The third kappa shape index (κ3) is 1.84. The molecule has 16 heavy (non-hydrogen) atoms. The minimum atomic E-state index is 0.795. The summed E-state index contributed by atoms with van der Waals surface area (Å²) in [5, 5.41) is 4.60. The second-order valence-electron chi connectivity index (χ2n) is 4.87. The van der Waals surface area contributed by atoms with E-state index in [9.17, 15) is 0 Å². The van der Waals surface area contributed by atoms with Gasteiger partial charge in [0.1, 0.15) is 0 Å². The Bertz CT molecular complexity index is 363. The molecule has 0 spiro atoms. The average molecular weight is 237 g/mol. The topological polar surface area (TPSA) is 28.2 Å². The van der Waals surface area contributed by atoms with Crippen molar-refractivity contribution in [2.75, 3.05) is 18.0 Å². The summed E-state index contributed by atoms with van der Waals surface area (Å²) in [6, 6.07) is 0.795. The minimum Gasteiger partial charge on any atom is -0.345 e. The van der Waals surface area contributed by atoms with Crippen molar-refractivity contribution >= 4 is 16.5 Å². The van der Waals surface area contributed by atoms with Gasteiger partial charge in [-0.15, -0.1) is 11.3 Å². The molecule has 2 atom stereocenters. The summed E-state index contributed by atoms with van der Waals surface area (Å²) in [6.07, 6.45) is 6.26. The summed E-state index contributed by atoms with van der Waals surface area (Å²) < 4.78 is 0. The SMILES string of the molecule is CCNCc1cnc(N2CC3CCC2C3)s1. The molecule has 2 bridgehead atoms. The fourth-order valence-electron chi connectivity index (χ4n) is 2.92. The summed E-state index contributed by atoms with van der Waals surface area (Å²) in [7, 11) is 0. The Kier molecular flexibility index (Phi) is 2.86. The van der Waals surface area contributed by atoms with Gasteiger partial charge in [-0.2, -0.15) is 0 Å². The van der Waals surface area contributed by atoms with E-state index in [1.807, 2.05) is 17.5 Å². The Balaban J connectivity index is 1.68. The van der Waals surface area contributed by atoms with Crippen molar-refractivity contribution in [2.45, 2.75) is 38.8 Å². The lowest BCUT2D eigenvalue weighted by atomic mass is 10.1. The normalized spacial score (nSPS) is 27.9. The minimum absolute atomic E-state index is 0.795. The molecular weight excluding hydrogens is 218 g/mol. The monoisotopic (exact) mass is 237 g/mol. The van der Waals surface area contributed by atoms with E-state index in [1.165, 1.54) is 35.8 Å². The number of rotatable bonds is 4. The molecule has 2 fully saturated rings. The molecule has 0 aromatic carbocycles. The van der Waals surface area contributed by atoms with Crippen molar-refractivity contribution in [3.05, 3.63) is 11.1 Å². The molecule has 2 unspecified atom stereocenters. The van der Waals surface area contributed by atoms with Crippen molar-refractivity contribution in [3.63, 3.8) is 0 Å². The standard InChI is InChI=1S/C12H19N3S/c1-2-13-6-11-7-14-12(16-11)15-8-9-3-4-10(15)5-9/h7,9-10,13H,2-6,8H2,1H3. The van der Waals surface area contributed by atoms with Crippen LogP contribution in [0.1, 0.15) is 31.1 Å². The molecule has 2 aliphatic rings.